The van der Waals surface area contributed by atoms with Gasteiger partial charge in [0.2, 0.25) is 0 Å². The van der Waals surface area contributed by atoms with Crippen molar-refractivity contribution in [2.45, 2.75) is 505 Å². The first-order chi connectivity index (χ1) is 57.1. The molecule has 0 bridgehead atoms. The highest BCUT2D eigenvalue weighted by atomic mass is 31.2. The van der Waals surface area contributed by atoms with Crippen molar-refractivity contribution in [2.75, 3.05) is 26.4 Å². The van der Waals surface area contributed by atoms with Crippen LogP contribution in [0.4, 0.5) is 0 Å². The van der Waals surface area contributed by atoms with E-state index in [0.717, 1.165) is 141 Å². The van der Waals surface area contributed by atoms with Crippen LogP contribution in [0.15, 0.2) is 24.3 Å². The van der Waals surface area contributed by atoms with Crippen molar-refractivity contribution in [3.05, 3.63) is 24.3 Å². The van der Waals surface area contributed by atoms with Gasteiger partial charge in [-0.2, -0.15) is 0 Å². The molecule has 10 N–H and O–H groups in total. The van der Waals surface area contributed by atoms with Crippen LogP contribution in [-0.4, -0.2) is 205 Å². The van der Waals surface area contributed by atoms with Gasteiger partial charge in [0.1, 0.15) is 92.6 Å². The van der Waals surface area contributed by atoms with Crippen molar-refractivity contribution >= 4 is 31.7 Å². The largest absolute Gasteiger partial charge is 0.472 e. The van der Waals surface area contributed by atoms with Crippen LogP contribution >= 0.6 is 7.82 Å². The molecule has 0 aromatic rings. The average molecular weight is 1710 g/mol. The van der Waals surface area contributed by atoms with Crippen molar-refractivity contribution in [3.8, 4) is 0 Å². The second-order valence-electron chi connectivity index (χ2n) is 34.1. The maximum Gasteiger partial charge on any atom is 0.472 e. The number of carbonyl (C=O) groups is 4. The summed E-state index contributed by atoms with van der Waals surface area (Å²) in [5, 5.41) is 102. The van der Waals surface area contributed by atoms with Gasteiger partial charge in [0.15, 0.2) is 24.8 Å². The van der Waals surface area contributed by atoms with Crippen LogP contribution in [0, 0.1) is 5.92 Å². The molecule has 0 amide bonds. The zero-order valence-corrected chi connectivity index (χ0v) is 74.8. The van der Waals surface area contributed by atoms with Crippen molar-refractivity contribution in [1.82, 2.24) is 0 Å². The van der Waals surface area contributed by atoms with Gasteiger partial charge in [-0.1, -0.05) is 322 Å². The van der Waals surface area contributed by atoms with Crippen molar-refractivity contribution in [1.29, 1.82) is 0 Å². The Bertz CT molecular complexity index is 2570. The molecule has 1 aliphatic carbocycles. The van der Waals surface area contributed by atoms with Crippen LogP contribution in [0.2, 0.25) is 0 Å². The topological polar surface area (TPSA) is 380 Å². The van der Waals surface area contributed by atoms with Gasteiger partial charge in [0, 0.05) is 25.7 Å². The highest BCUT2D eigenvalue weighted by Gasteiger charge is 2.60. The van der Waals surface area contributed by atoms with Crippen LogP contribution in [0.3, 0.4) is 0 Å². The Morgan fingerprint density at radius 3 is 1.11 bits per heavy atom. The predicted molar refractivity (Wildman–Crippen MR) is 458 cm³/mol. The lowest BCUT2D eigenvalue weighted by Gasteiger charge is -2.50. The molecule has 19 atom stereocenters. The molecule has 118 heavy (non-hydrogen) atoms. The fourth-order valence-electron chi connectivity index (χ4n) is 15.7. The fraction of sp³-hybridized carbons (Fsp3) is 0.913. The summed E-state index contributed by atoms with van der Waals surface area (Å²) in [5.74, 6) is -2.29. The molecule has 3 fully saturated rings. The van der Waals surface area contributed by atoms with Gasteiger partial charge in [0.25, 0.3) is 0 Å². The standard InChI is InChI=1S/C92H169O25P/c1-6-10-14-18-22-25-28-31-33-36-38-41-44-51-58-64-76(95)109-70-74-80(99)82(101)86(105)92(113-74)116-89-87(114-78(97)66-60-54-46-43-39-35-30-27-24-20-16-12-8-3)83(102)84(103)88(115-91-85(104)81(100)79(98)73(67-93)112-91)90(89)117-118(106,107)110-69-72(111-77(96)65-59-53-45-42-40-37-34-32-29-26-23-19-15-11-7-2)68-108-75(94)63-57-52-48-47-50-56-62-71(5)61-55-49-21-17-13-9-4/h25,28,35,39,71-74,79-93,98-105H,6-24,26-27,29-34,36-38,40-70H2,1-5H3,(H,106,107)/b28-25-,39-35-. The molecule has 2 heterocycles. The number of rotatable bonds is 76. The van der Waals surface area contributed by atoms with Crippen LogP contribution in [-0.2, 0) is 70.7 Å². The number of allylic oxidation sites excluding steroid dienone is 4. The van der Waals surface area contributed by atoms with Crippen molar-refractivity contribution < 1.29 is 122 Å². The summed E-state index contributed by atoms with van der Waals surface area (Å²) in [7, 11) is -5.81. The fourth-order valence-corrected chi connectivity index (χ4v) is 16.6. The quantitative estimate of drug-likeness (QED) is 0.00889. The van der Waals surface area contributed by atoms with Crippen molar-refractivity contribution in [2.24, 2.45) is 5.92 Å². The number of unbranched alkanes of at least 4 members (excludes halogenated alkanes) is 44. The lowest BCUT2D eigenvalue weighted by Crippen LogP contribution is -2.70. The molecule has 692 valence electrons. The Balaban J connectivity index is 1.92. The summed E-state index contributed by atoms with van der Waals surface area (Å²) in [6.07, 6.45) is 28.9. The zero-order chi connectivity index (χ0) is 86.2. The van der Waals surface area contributed by atoms with Gasteiger partial charge in [-0.15, -0.1) is 0 Å². The Labute approximate surface area is 711 Å². The van der Waals surface area contributed by atoms with E-state index in [1.54, 1.807) is 0 Å². The Morgan fingerprint density at radius 2 is 0.686 bits per heavy atom. The number of esters is 4. The number of hydrogen-bond acceptors (Lipinski definition) is 24. The Morgan fingerprint density at radius 1 is 0.356 bits per heavy atom. The first kappa shape index (κ1) is 109. The van der Waals surface area contributed by atoms with Crippen LogP contribution < -0.4 is 0 Å². The molecular formula is C92H169O25P. The minimum absolute atomic E-state index is 0.00781. The molecule has 3 aliphatic rings. The van der Waals surface area contributed by atoms with Gasteiger partial charge < -0.3 is 88.7 Å². The van der Waals surface area contributed by atoms with Crippen LogP contribution in [0.5, 0.6) is 0 Å². The second-order valence-corrected chi connectivity index (χ2v) is 35.6. The van der Waals surface area contributed by atoms with E-state index in [2.05, 4.69) is 58.9 Å². The lowest BCUT2D eigenvalue weighted by atomic mass is 9.84. The SMILES string of the molecule is CCCCCC/C=C\CCCCCCCCCC(=O)OCC1OC(OC2C(OC(=O)CCCCC/C=C\CCCCCCCC)C(O)C(O)C(OC3OC(CO)C(O)C(O)C3O)C2OP(=O)(O)OCC(COC(=O)CCCCCCCCC(C)CCCCCCCC)OC(=O)CCCCCCCCCCCCCCCCC)C(O)C(O)C1O. The van der Waals surface area contributed by atoms with E-state index in [9.17, 15) is 74.6 Å². The highest BCUT2D eigenvalue weighted by Crippen LogP contribution is 2.49. The Kier molecular flexibility index (Phi) is 64.9. The summed E-state index contributed by atoms with van der Waals surface area (Å²) >= 11 is 0. The molecule has 2 saturated heterocycles. The maximum absolute atomic E-state index is 14.9. The second kappa shape index (κ2) is 70.2. The van der Waals surface area contributed by atoms with E-state index in [4.69, 9.17) is 46.9 Å². The number of aliphatic hydroxyl groups excluding tert-OH is 9. The number of phosphoric ester groups is 1. The molecule has 19 unspecified atom stereocenters. The summed E-state index contributed by atoms with van der Waals surface area (Å²) in [6, 6.07) is 0. The smallest absolute Gasteiger partial charge is 0.463 e. The minimum atomic E-state index is -5.81. The van der Waals surface area contributed by atoms with Crippen LogP contribution in [0.25, 0.3) is 0 Å². The molecule has 0 aromatic carbocycles. The number of aliphatic hydroxyl groups is 9. The molecule has 1 saturated carbocycles. The van der Waals surface area contributed by atoms with Gasteiger partial charge in [0.05, 0.1) is 13.2 Å². The highest BCUT2D eigenvalue weighted by molar-refractivity contribution is 7.47. The molecule has 0 aromatic heterocycles. The third-order valence-electron chi connectivity index (χ3n) is 23.3. The van der Waals surface area contributed by atoms with E-state index in [-0.39, 0.29) is 32.1 Å². The third kappa shape index (κ3) is 50.2. The summed E-state index contributed by atoms with van der Waals surface area (Å²) < 4.78 is 73.5. The average Bonchev–Trinajstić information content (AvgIpc) is 0.754. The Hall–Kier alpha value is -3.05. The van der Waals surface area contributed by atoms with E-state index in [1.165, 1.54) is 161 Å². The van der Waals surface area contributed by atoms with E-state index in [0.29, 0.717) is 38.0 Å². The monoisotopic (exact) mass is 1710 g/mol. The molecule has 0 spiro atoms. The van der Waals surface area contributed by atoms with Crippen molar-refractivity contribution in [3.63, 3.8) is 0 Å². The molecule has 25 nitrogen and oxygen atoms in total. The molecule has 2 aliphatic heterocycles. The van der Waals surface area contributed by atoms with E-state index < -0.39 is 162 Å². The first-order valence-electron chi connectivity index (χ1n) is 47.5. The van der Waals surface area contributed by atoms with E-state index in [1.807, 2.05) is 0 Å². The minimum Gasteiger partial charge on any atom is -0.463 e. The summed E-state index contributed by atoms with van der Waals surface area (Å²) in [5.41, 5.74) is 0. The molecule has 26 heteroatoms. The van der Waals surface area contributed by atoms with Crippen LogP contribution in [0.1, 0.15) is 401 Å². The van der Waals surface area contributed by atoms with Gasteiger partial charge in [-0.3, -0.25) is 28.2 Å². The van der Waals surface area contributed by atoms with Gasteiger partial charge in [-0.05, 0) is 83.0 Å². The molecular weight excluding hydrogens is 1540 g/mol. The molecule has 0 radical (unpaired) electrons. The number of carbonyl (C=O) groups excluding carboxylic acids is 4. The van der Waals surface area contributed by atoms with E-state index >= 15 is 0 Å². The summed E-state index contributed by atoms with van der Waals surface area (Å²) in [6.45, 7) is 7.91. The first-order valence-corrected chi connectivity index (χ1v) is 49.0. The number of hydrogen-bond donors (Lipinski definition) is 10. The summed E-state index contributed by atoms with van der Waals surface area (Å²) in [4.78, 5) is 66.5. The van der Waals surface area contributed by atoms with Gasteiger partial charge >= 0.3 is 31.7 Å². The normalized spacial score (nSPS) is 25.3. The van der Waals surface area contributed by atoms with Gasteiger partial charge in [-0.25, -0.2) is 4.57 Å². The zero-order valence-electron chi connectivity index (χ0n) is 73.9. The third-order valence-corrected chi connectivity index (χ3v) is 24.3. The predicted octanol–water partition coefficient (Wildman–Crippen LogP) is 17.6. The maximum atomic E-state index is 14.9. The number of phosphoric acid groups is 1. The number of ether oxygens (including phenoxy) is 8. The lowest BCUT2D eigenvalue weighted by molar-refractivity contribution is -0.360. The molecule has 3 rings (SSSR count).